The fourth-order valence-electron chi connectivity index (χ4n) is 3.49. The SMILES string of the molecule is Cc1cc(F)ccc1NC(=O)CCC1CCCN(Cc2ccsc2)C1. The van der Waals surface area contributed by atoms with Crippen molar-refractivity contribution in [2.24, 2.45) is 5.92 Å². The van der Waals surface area contributed by atoms with Gasteiger partial charge in [0, 0.05) is 25.2 Å². The largest absolute Gasteiger partial charge is 0.326 e. The quantitative estimate of drug-likeness (QED) is 0.800. The summed E-state index contributed by atoms with van der Waals surface area (Å²) in [6, 6.07) is 6.64. The highest BCUT2D eigenvalue weighted by atomic mass is 32.1. The van der Waals surface area contributed by atoms with Crippen LogP contribution in [0.3, 0.4) is 0 Å². The highest BCUT2D eigenvalue weighted by Crippen LogP contribution is 2.23. The van der Waals surface area contributed by atoms with Crippen LogP contribution in [0, 0.1) is 18.7 Å². The first-order chi connectivity index (χ1) is 12.1. The monoisotopic (exact) mass is 360 g/mol. The summed E-state index contributed by atoms with van der Waals surface area (Å²) in [5, 5.41) is 7.24. The van der Waals surface area contributed by atoms with Crippen LogP contribution in [-0.2, 0) is 11.3 Å². The van der Waals surface area contributed by atoms with Gasteiger partial charge in [-0.3, -0.25) is 9.69 Å². The third-order valence-corrected chi connectivity index (χ3v) is 5.56. The first-order valence-corrected chi connectivity index (χ1v) is 9.84. The Morgan fingerprint density at radius 3 is 3.04 bits per heavy atom. The van der Waals surface area contributed by atoms with E-state index in [0.29, 0.717) is 18.0 Å². The third kappa shape index (κ3) is 5.38. The Morgan fingerprint density at radius 2 is 2.28 bits per heavy atom. The molecule has 0 spiro atoms. The number of aryl methyl sites for hydroxylation is 1. The van der Waals surface area contributed by atoms with Gasteiger partial charge < -0.3 is 5.32 Å². The zero-order valence-corrected chi connectivity index (χ0v) is 15.4. The maximum Gasteiger partial charge on any atom is 0.224 e. The van der Waals surface area contributed by atoms with E-state index in [9.17, 15) is 9.18 Å². The number of carbonyl (C=O) groups is 1. The van der Waals surface area contributed by atoms with Gasteiger partial charge in [-0.15, -0.1) is 0 Å². The zero-order valence-electron chi connectivity index (χ0n) is 14.6. The Balaban J connectivity index is 1.45. The van der Waals surface area contributed by atoms with Crippen LogP contribution < -0.4 is 5.32 Å². The van der Waals surface area contributed by atoms with Gasteiger partial charge >= 0.3 is 0 Å². The van der Waals surface area contributed by atoms with Crippen molar-refractivity contribution in [3.05, 3.63) is 52.0 Å². The molecule has 2 heterocycles. The molecule has 1 unspecified atom stereocenters. The van der Waals surface area contributed by atoms with Crippen molar-refractivity contribution in [3.63, 3.8) is 0 Å². The van der Waals surface area contributed by atoms with E-state index in [4.69, 9.17) is 0 Å². The number of piperidine rings is 1. The standard InChI is InChI=1S/C20H25FN2OS/c1-15-11-18(21)5-6-19(15)22-20(24)7-4-16-3-2-9-23(12-16)13-17-8-10-25-14-17/h5-6,8,10-11,14,16H,2-4,7,9,12-13H2,1H3,(H,22,24). The molecule has 1 atom stereocenters. The van der Waals surface area contributed by atoms with Gasteiger partial charge in [0.1, 0.15) is 5.82 Å². The Hall–Kier alpha value is -1.72. The van der Waals surface area contributed by atoms with E-state index in [1.54, 1.807) is 17.4 Å². The molecule has 1 aliphatic heterocycles. The van der Waals surface area contributed by atoms with Gasteiger partial charge in [-0.05, 0) is 84.8 Å². The van der Waals surface area contributed by atoms with E-state index >= 15 is 0 Å². The van der Waals surface area contributed by atoms with E-state index in [-0.39, 0.29) is 11.7 Å². The van der Waals surface area contributed by atoms with Crippen LogP contribution in [0.5, 0.6) is 0 Å². The number of thiophene rings is 1. The molecule has 0 radical (unpaired) electrons. The fraction of sp³-hybridized carbons (Fsp3) is 0.450. The molecule has 0 saturated carbocycles. The number of amides is 1. The van der Waals surface area contributed by atoms with E-state index in [2.05, 4.69) is 27.0 Å². The topological polar surface area (TPSA) is 32.3 Å². The number of carbonyl (C=O) groups excluding carboxylic acids is 1. The maximum atomic E-state index is 13.1. The highest BCUT2D eigenvalue weighted by Gasteiger charge is 2.21. The van der Waals surface area contributed by atoms with Gasteiger partial charge in [0.05, 0.1) is 0 Å². The molecule has 1 aliphatic rings. The van der Waals surface area contributed by atoms with Crippen molar-refractivity contribution in [2.75, 3.05) is 18.4 Å². The summed E-state index contributed by atoms with van der Waals surface area (Å²) >= 11 is 1.74. The summed E-state index contributed by atoms with van der Waals surface area (Å²) < 4.78 is 13.1. The number of anilines is 1. The Morgan fingerprint density at radius 1 is 1.40 bits per heavy atom. The van der Waals surface area contributed by atoms with E-state index in [0.717, 1.165) is 31.6 Å². The van der Waals surface area contributed by atoms with Crippen molar-refractivity contribution in [1.82, 2.24) is 4.90 Å². The Labute approximate surface area is 152 Å². The molecule has 1 saturated heterocycles. The summed E-state index contributed by atoms with van der Waals surface area (Å²) in [5.41, 5.74) is 2.84. The lowest BCUT2D eigenvalue weighted by Gasteiger charge is -2.32. The van der Waals surface area contributed by atoms with Crippen LogP contribution in [0.4, 0.5) is 10.1 Å². The first-order valence-electron chi connectivity index (χ1n) is 8.89. The minimum absolute atomic E-state index is 0.0182. The van der Waals surface area contributed by atoms with Crippen molar-refractivity contribution < 1.29 is 9.18 Å². The van der Waals surface area contributed by atoms with Gasteiger partial charge in [0.2, 0.25) is 5.91 Å². The molecule has 1 aromatic heterocycles. The van der Waals surface area contributed by atoms with E-state index < -0.39 is 0 Å². The molecule has 1 aromatic carbocycles. The Bertz CT molecular complexity index is 702. The number of hydrogen-bond donors (Lipinski definition) is 1. The van der Waals surface area contributed by atoms with Gasteiger partial charge in [0.15, 0.2) is 0 Å². The zero-order chi connectivity index (χ0) is 17.6. The number of nitrogens with zero attached hydrogens (tertiary/aromatic N) is 1. The molecular formula is C20H25FN2OS. The second-order valence-corrected chi connectivity index (χ2v) is 7.70. The third-order valence-electron chi connectivity index (χ3n) is 4.83. The number of halogens is 1. The number of benzene rings is 1. The second kappa shape index (κ2) is 8.59. The van der Waals surface area contributed by atoms with Crippen LogP contribution in [0.25, 0.3) is 0 Å². The average molecular weight is 360 g/mol. The molecule has 134 valence electrons. The molecule has 0 aliphatic carbocycles. The van der Waals surface area contributed by atoms with E-state index in [1.165, 1.54) is 30.5 Å². The Kier molecular flexibility index (Phi) is 6.21. The highest BCUT2D eigenvalue weighted by molar-refractivity contribution is 7.07. The fourth-order valence-corrected chi connectivity index (χ4v) is 4.15. The minimum Gasteiger partial charge on any atom is -0.326 e. The second-order valence-electron chi connectivity index (χ2n) is 6.92. The lowest BCUT2D eigenvalue weighted by Crippen LogP contribution is -2.35. The van der Waals surface area contributed by atoms with Crippen molar-refractivity contribution in [3.8, 4) is 0 Å². The van der Waals surface area contributed by atoms with Gasteiger partial charge in [-0.25, -0.2) is 4.39 Å². The molecule has 1 amide bonds. The lowest BCUT2D eigenvalue weighted by atomic mass is 9.93. The maximum absolute atomic E-state index is 13.1. The van der Waals surface area contributed by atoms with Crippen molar-refractivity contribution >= 4 is 22.9 Å². The molecule has 3 nitrogen and oxygen atoms in total. The molecule has 25 heavy (non-hydrogen) atoms. The van der Waals surface area contributed by atoms with Crippen molar-refractivity contribution in [2.45, 2.75) is 39.2 Å². The summed E-state index contributed by atoms with van der Waals surface area (Å²) in [6.07, 6.45) is 3.83. The molecule has 2 aromatic rings. The van der Waals surface area contributed by atoms with Gasteiger partial charge in [-0.2, -0.15) is 11.3 Å². The van der Waals surface area contributed by atoms with Crippen LogP contribution in [0.1, 0.15) is 36.8 Å². The average Bonchev–Trinajstić information content (AvgIpc) is 3.09. The summed E-state index contributed by atoms with van der Waals surface area (Å²) in [7, 11) is 0. The summed E-state index contributed by atoms with van der Waals surface area (Å²) in [5.74, 6) is 0.320. The van der Waals surface area contributed by atoms with Crippen molar-refractivity contribution in [1.29, 1.82) is 0 Å². The smallest absolute Gasteiger partial charge is 0.224 e. The summed E-state index contributed by atoms with van der Waals surface area (Å²) in [6.45, 7) is 5.04. The molecular weight excluding hydrogens is 335 g/mol. The first kappa shape index (κ1) is 18.1. The van der Waals surface area contributed by atoms with Gasteiger partial charge in [0.25, 0.3) is 0 Å². The predicted molar refractivity (Wildman–Crippen MR) is 101 cm³/mol. The lowest BCUT2D eigenvalue weighted by molar-refractivity contribution is -0.116. The van der Waals surface area contributed by atoms with Crippen LogP contribution in [0.2, 0.25) is 0 Å². The molecule has 1 N–H and O–H groups in total. The predicted octanol–water partition coefficient (Wildman–Crippen LogP) is 4.83. The van der Waals surface area contributed by atoms with Crippen LogP contribution in [-0.4, -0.2) is 23.9 Å². The van der Waals surface area contributed by atoms with Gasteiger partial charge in [-0.1, -0.05) is 0 Å². The molecule has 5 heteroatoms. The van der Waals surface area contributed by atoms with E-state index in [1.807, 2.05) is 6.92 Å². The number of nitrogens with one attached hydrogen (secondary N) is 1. The number of rotatable bonds is 6. The minimum atomic E-state index is -0.275. The number of hydrogen-bond acceptors (Lipinski definition) is 3. The molecule has 1 fully saturated rings. The molecule has 3 rings (SSSR count). The van der Waals surface area contributed by atoms with Crippen LogP contribution in [0.15, 0.2) is 35.0 Å². The normalized spacial score (nSPS) is 18.2. The number of likely N-dealkylation sites (tertiary alicyclic amines) is 1. The molecule has 0 bridgehead atoms. The van der Waals surface area contributed by atoms with Crippen LogP contribution >= 0.6 is 11.3 Å². The summed E-state index contributed by atoms with van der Waals surface area (Å²) in [4.78, 5) is 14.7.